The van der Waals surface area contributed by atoms with Crippen molar-refractivity contribution in [2.45, 2.75) is 61.5 Å². The molecule has 0 saturated carbocycles. The highest BCUT2D eigenvalue weighted by Crippen LogP contribution is 2.50. The van der Waals surface area contributed by atoms with Gasteiger partial charge in [0.1, 0.15) is 16.4 Å². The van der Waals surface area contributed by atoms with E-state index in [0.29, 0.717) is 29.2 Å². The topological polar surface area (TPSA) is 134 Å². The van der Waals surface area contributed by atoms with Crippen molar-refractivity contribution in [1.29, 1.82) is 0 Å². The molecule has 15 heteroatoms. The fourth-order valence-corrected chi connectivity index (χ4v) is 9.83. The molecule has 1 N–H and O–H groups in total. The number of halogens is 1. The van der Waals surface area contributed by atoms with Crippen LogP contribution in [-0.4, -0.2) is 112 Å². The van der Waals surface area contributed by atoms with Gasteiger partial charge in [-0.3, -0.25) is 9.69 Å². The Morgan fingerprint density at radius 2 is 1.67 bits per heavy atom. The molecule has 52 heavy (non-hydrogen) atoms. The molecule has 1 aromatic heterocycles. The molecule has 0 bridgehead atoms. The minimum Gasteiger partial charge on any atom is -0.497 e. The number of ether oxygens (including phenoxy) is 3. The third-order valence-corrected chi connectivity index (χ3v) is 12.8. The lowest BCUT2D eigenvalue weighted by Gasteiger charge is -2.49. The number of hydrogen-bond donors (Lipinski definition) is 1. The molecular formula is C37H45ClN6O7S. The van der Waals surface area contributed by atoms with E-state index in [4.69, 9.17) is 25.8 Å². The number of rotatable bonds is 10. The van der Waals surface area contributed by atoms with Gasteiger partial charge >= 0.3 is 6.03 Å². The molecule has 7 rings (SSSR count). The van der Waals surface area contributed by atoms with Crippen LogP contribution in [0, 0.1) is 0 Å². The number of amides is 3. The molecule has 278 valence electrons. The molecule has 13 nitrogen and oxygen atoms in total. The predicted octanol–water partition coefficient (Wildman–Crippen LogP) is 4.47. The van der Waals surface area contributed by atoms with E-state index >= 15 is 4.79 Å². The maximum Gasteiger partial charge on any atom is 0.318 e. The SMILES string of the molecule is CCOc1ncccc1[C@]1(NC(=O)N2CC(N3CCC(N4CCCCC4)CC3)C2)C(=O)N(S(=O)(=O)c2ccc(OC)cc2OC)c2ccc(Cl)cc21. The second-order valence-electron chi connectivity index (χ2n) is 13.6. The molecule has 3 aromatic rings. The number of pyridine rings is 1. The van der Waals surface area contributed by atoms with Crippen molar-refractivity contribution >= 4 is 39.2 Å². The summed E-state index contributed by atoms with van der Waals surface area (Å²) in [4.78, 5) is 40.3. The number of sulfonamides is 1. The van der Waals surface area contributed by atoms with Crippen LogP contribution in [0.4, 0.5) is 10.5 Å². The summed E-state index contributed by atoms with van der Waals surface area (Å²) in [6, 6.07) is 12.2. The molecule has 3 saturated heterocycles. The Bertz CT molecular complexity index is 1930. The number of carbonyl (C=O) groups is 2. The third kappa shape index (κ3) is 6.33. The van der Waals surface area contributed by atoms with E-state index in [1.807, 2.05) is 0 Å². The molecule has 1 atom stereocenters. The Morgan fingerprint density at radius 3 is 2.37 bits per heavy atom. The van der Waals surface area contributed by atoms with Crippen molar-refractivity contribution < 1.29 is 32.2 Å². The minimum atomic E-state index is -4.65. The van der Waals surface area contributed by atoms with E-state index in [9.17, 15) is 13.2 Å². The first-order valence-corrected chi connectivity index (χ1v) is 19.7. The summed E-state index contributed by atoms with van der Waals surface area (Å²) >= 11 is 6.56. The first kappa shape index (κ1) is 36.3. The fraction of sp³-hybridized carbons (Fsp3) is 0.486. The summed E-state index contributed by atoms with van der Waals surface area (Å²) in [5, 5.41) is 3.23. The van der Waals surface area contributed by atoms with Crippen LogP contribution in [0.3, 0.4) is 0 Å². The molecule has 0 aliphatic carbocycles. The number of benzene rings is 2. The quantitative estimate of drug-likeness (QED) is 0.316. The molecule has 4 aliphatic heterocycles. The normalized spacial score (nSPS) is 21.8. The summed E-state index contributed by atoms with van der Waals surface area (Å²) in [7, 11) is -1.86. The Morgan fingerprint density at radius 1 is 0.942 bits per heavy atom. The number of carbonyl (C=O) groups excluding carboxylic acids is 2. The Hall–Kier alpha value is -4.11. The van der Waals surface area contributed by atoms with Crippen LogP contribution in [0.15, 0.2) is 59.6 Å². The zero-order valence-corrected chi connectivity index (χ0v) is 31.3. The second kappa shape index (κ2) is 14.7. The van der Waals surface area contributed by atoms with Crippen molar-refractivity contribution in [3.8, 4) is 17.4 Å². The maximum absolute atomic E-state index is 15.1. The first-order valence-electron chi connectivity index (χ1n) is 17.9. The van der Waals surface area contributed by atoms with E-state index in [2.05, 4.69) is 20.1 Å². The highest BCUT2D eigenvalue weighted by atomic mass is 35.5. The van der Waals surface area contributed by atoms with Gasteiger partial charge in [0.15, 0.2) is 5.54 Å². The summed E-state index contributed by atoms with van der Waals surface area (Å²) in [6.07, 6.45) is 7.61. The number of urea groups is 1. The predicted molar refractivity (Wildman–Crippen MR) is 196 cm³/mol. The number of methoxy groups -OCH3 is 2. The highest BCUT2D eigenvalue weighted by molar-refractivity contribution is 7.93. The van der Waals surface area contributed by atoms with E-state index in [0.717, 1.165) is 25.9 Å². The molecule has 4 aliphatic rings. The van der Waals surface area contributed by atoms with Crippen molar-refractivity contribution in [3.05, 3.63) is 70.9 Å². The number of nitrogens with one attached hydrogen (secondary N) is 1. The first-order chi connectivity index (χ1) is 25.1. The molecule has 2 aromatic carbocycles. The summed E-state index contributed by atoms with van der Waals surface area (Å²) in [5.74, 6) is -0.522. The summed E-state index contributed by atoms with van der Waals surface area (Å²) in [5.41, 5.74) is -1.70. The third-order valence-electron chi connectivity index (χ3n) is 10.8. The molecule has 0 radical (unpaired) electrons. The van der Waals surface area contributed by atoms with Gasteiger partial charge in [-0.15, -0.1) is 0 Å². The fourth-order valence-electron chi connectivity index (χ4n) is 8.06. The number of anilines is 1. The zero-order valence-electron chi connectivity index (χ0n) is 29.7. The van der Waals surface area contributed by atoms with Crippen LogP contribution in [0.2, 0.25) is 5.02 Å². The van der Waals surface area contributed by atoms with Gasteiger partial charge in [0.05, 0.1) is 32.1 Å². The van der Waals surface area contributed by atoms with E-state index in [1.54, 1.807) is 24.0 Å². The Balaban J connectivity index is 1.21. The van der Waals surface area contributed by atoms with Crippen LogP contribution in [-0.2, 0) is 20.4 Å². The van der Waals surface area contributed by atoms with Gasteiger partial charge < -0.3 is 29.3 Å². The van der Waals surface area contributed by atoms with Gasteiger partial charge in [-0.25, -0.2) is 18.2 Å². The smallest absolute Gasteiger partial charge is 0.318 e. The van der Waals surface area contributed by atoms with Gasteiger partial charge in [0.25, 0.3) is 15.9 Å². The van der Waals surface area contributed by atoms with Crippen molar-refractivity contribution in [2.75, 3.05) is 64.4 Å². The minimum absolute atomic E-state index is 0.0211. The molecule has 3 amide bonds. The van der Waals surface area contributed by atoms with Crippen LogP contribution in [0.1, 0.15) is 50.2 Å². The van der Waals surface area contributed by atoms with Crippen LogP contribution in [0.5, 0.6) is 17.4 Å². The molecule has 3 fully saturated rings. The van der Waals surface area contributed by atoms with Crippen molar-refractivity contribution in [3.63, 3.8) is 0 Å². The van der Waals surface area contributed by atoms with Crippen molar-refractivity contribution in [1.82, 2.24) is 25.0 Å². The van der Waals surface area contributed by atoms with E-state index < -0.39 is 27.5 Å². The Labute approximate surface area is 309 Å². The maximum atomic E-state index is 15.1. The van der Waals surface area contributed by atoms with Crippen LogP contribution in [0.25, 0.3) is 0 Å². The largest absolute Gasteiger partial charge is 0.497 e. The number of nitrogens with zero attached hydrogens (tertiary/aromatic N) is 5. The van der Waals surface area contributed by atoms with Gasteiger partial charge in [-0.2, -0.15) is 4.31 Å². The van der Waals surface area contributed by atoms with Crippen LogP contribution >= 0.6 is 11.6 Å². The lowest BCUT2D eigenvalue weighted by atomic mass is 9.84. The zero-order chi connectivity index (χ0) is 36.6. The Kier molecular flexibility index (Phi) is 10.3. The number of fused-ring (bicyclic) bond motifs is 1. The van der Waals surface area contributed by atoms with Gasteiger partial charge in [-0.1, -0.05) is 18.0 Å². The van der Waals surface area contributed by atoms with Gasteiger partial charge in [-0.05, 0) is 88.2 Å². The molecule has 5 heterocycles. The average molecular weight is 753 g/mol. The number of aromatic nitrogens is 1. The number of hydrogen-bond acceptors (Lipinski definition) is 10. The average Bonchev–Trinajstić information content (AvgIpc) is 3.38. The molecule has 0 unspecified atom stereocenters. The summed E-state index contributed by atoms with van der Waals surface area (Å²) < 4.78 is 46.5. The second-order valence-corrected chi connectivity index (χ2v) is 15.8. The highest BCUT2D eigenvalue weighted by Gasteiger charge is 2.59. The van der Waals surface area contributed by atoms with Gasteiger partial charge in [0.2, 0.25) is 5.88 Å². The van der Waals surface area contributed by atoms with E-state index in [1.165, 1.54) is 89.2 Å². The van der Waals surface area contributed by atoms with Gasteiger partial charge in [0, 0.05) is 61.1 Å². The number of likely N-dealkylation sites (tertiary alicyclic amines) is 3. The number of piperidine rings is 2. The van der Waals surface area contributed by atoms with Crippen LogP contribution < -0.4 is 23.8 Å². The summed E-state index contributed by atoms with van der Waals surface area (Å²) in [6.45, 7) is 7.25. The monoisotopic (exact) mass is 752 g/mol. The lowest BCUT2D eigenvalue weighted by Crippen LogP contribution is -2.67. The molecular weight excluding hydrogens is 708 g/mol. The molecule has 0 spiro atoms. The standard InChI is InChI=1S/C37H45ClN6O7S/c1-4-51-34-29(9-8-16-39-34)37(40-36(46)43-23-27(24-43)42-19-14-26(15-20-42)41-17-6-5-7-18-41)30-21-25(38)10-12-31(30)44(35(37)45)52(47,48)33-13-11-28(49-2)22-32(33)50-3/h8-13,16,21-22,26-27H,4-7,14-15,17-20,23-24H2,1-3H3,(H,40,46)/t37-/m1/s1. The van der Waals surface area contributed by atoms with E-state index in [-0.39, 0.29) is 51.0 Å². The van der Waals surface area contributed by atoms with Crippen molar-refractivity contribution in [2.24, 2.45) is 0 Å². The lowest BCUT2D eigenvalue weighted by molar-refractivity contribution is -0.121.